The predicted molar refractivity (Wildman–Crippen MR) is 141 cm³/mol. The van der Waals surface area contributed by atoms with E-state index in [-0.39, 0.29) is 5.97 Å². The van der Waals surface area contributed by atoms with E-state index in [0.29, 0.717) is 13.0 Å². The molecule has 0 atom stereocenters. The summed E-state index contributed by atoms with van der Waals surface area (Å²) in [6.07, 6.45) is 29.8. The minimum absolute atomic E-state index is 0.0174. The van der Waals surface area contributed by atoms with Crippen LogP contribution in [-0.2, 0) is 9.53 Å². The fourth-order valence-corrected chi connectivity index (χ4v) is 4.21. The van der Waals surface area contributed by atoms with Gasteiger partial charge in [0.1, 0.15) is 13.2 Å². The molecule has 0 aliphatic heterocycles. The van der Waals surface area contributed by atoms with Gasteiger partial charge < -0.3 is 9.22 Å². The van der Waals surface area contributed by atoms with E-state index in [1.54, 1.807) is 0 Å². The first-order valence-corrected chi connectivity index (χ1v) is 14.4. The van der Waals surface area contributed by atoms with Gasteiger partial charge in [-0.2, -0.15) is 0 Å². The lowest BCUT2D eigenvalue weighted by Crippen LogP contribution is -2.37. The van der Waals surface area contributed by atoms with E-state index in [1.165, 1.54) is 128 Å². The predicted octanol–water partition coefficient (Wildman–Crippen LogP) is 8.84. The van der Waals surface area contributed by atoms with E-state index in [2.05, 4.69) is 28.1 Å². The Morgan fingerprint density at radius 3 is 1.16 bits per heavy atom. The van der Waals surface area contributed by atoms with Gasteiger partial charge in [-0.05, 0) is 6.42 Å². The average molecular weight is 455 g/mol. The summed E-state index contributed by atoms with van der Waals surface area (Å²) in [5.41, 5.74) is 0. The van der Waals surface area contributed by atoms with E-state index < -0.39 is 0 Å². The smallest absolute Gasteiger partial charge is 0.305 e. The molecule has 0 saturated heterocycles. The van der Waals surface area contributed by atoms with Crippen LogP contribution >= 0.6 is 0 Å². The standard InChI is InChI=1S/C29H60NO2/c1-5-6-7-8-9-10-11-12-13-14-15-16-17-18-19-20-21-22-23-24-25-26-29(31)32-28-27-30(2,3)4/h5-28H2,1-4H3/q+1. The van der Waals surface area contributed by atoms with Gasteiger partial charge in [-0.25, -0.2) is 0 Å². The minimum Gasteiger partial charge on any atom is -0.460 e. The molecule has 0 aliphatic rings. The maximum Gasteiger partial charge on any atom is 0.305 e. The van der Waals surface area contributed by atoms with Gasteiger partial charge in [0.25, 0.3) is 0 Å². The number of carbonyl (C=O) groups excluding carboxylic acids is 1. The summed E-state index contributed by atoms with van der Waals surface area (Å²) in [6, 6.07) is 0. The van der Waals surface area contributed by atoms with Crippen LogP contribution in [0.5, 0.6) is 0 Å². The summed E-state index contributed by atoms with van der Waals surface area (Å²) in [5.74, 6) is -0.0174. The van der Waals surface area contributed by atoms with Crippen LogP contribution < -0.4 is 0 Å². The van der Waals surface area contributed by atoms with Crippen molar-refractivity contribution >= 4 is 5.97 Å². The zero-order valence-electron chi connectivity index (χ0n) is 22.7. The molecule has 0 fully saturated rings. The molecule has 3 heteroatoms. The second-order valence-electron chi connectivity index (χ2n) is 11.1. The Labute approximate surface area is 202 Å². The van der Waals surface area contributed by atoms with Crippen molar-refractivity contribution in [3.63, 3.8) is 0 Å². The first-order valence-electron chi connectivity index (χ1n) is 14.4. The van der Waals surface area contributed by atoms with Gasteiger partial charge in [0.15, 0.2) is 0 Å². The number of hydrogen-bond donors (Lipinski definition) is 0. The average Bonchev–Trinajstić information content (AvgIpc) is 2.74. The van der Waals surface area contributed by atoms with E-state index in [4.69, 9.17) is 4.74 Å². The summed E-state index contributed by atoms with van der Waals surface area (Å²) in [6.45, 7) is 3.72. The van der Waals surface area contributed by atoms with Gasteiger partial charge >= 0.3 is 5.97 Å². The van der Waals surface area contributed by atoms with Crippen LogP contribution in [0, 0.1) is 0 Å². The molecule has 192 valence electrons. The molecule has 0 bridgehead atoms. The Morgan fingerprint density at radius 1 is 0.531 bits per heavy atom. The van der Waals surface area contributed by atoms with Crippen LogP contribution in [0.25, 0.3) is 0 Å². The summed E-state index contributed by atoms with van der Waals surface area (Å²) in [7, 11) is 6.35. The maximum atomic E-state index is 11.7. The van der Waals surface area contributed by atoms with Crippen molar-refractivity contribution < 1.29 is 14.0 Å². The second kappa shape index (κ2) is 23.6. The van der Waals surface area contributed by atoms with Crippen molar-refractivity contribution in [2.75, 3.05) is 34.3 Å². The normalized spacial score (nSPS) is 11.8. The van der Waals surface area contributed by atoms with E-state index in [9.17, 15) is 4.79 Å². The summed E-state index contributed by atoms with van der Waals surface area (Å²) in [5, 5.41) is 0. The van der Waals surface area contributed by atoms with E-state index in [0.717, 1.165) is 17.4 Å². The van der Waals surface area contributed by atoms with Crippen molar-refractivity contribution in [2.24, 2.45) is 0 Å². The Balaban J connectivity index is 3.13. The van der Waals surface area contributed by atoms with Crippen molar-refractivity contribution in [1.82, 2.24) is 0 Å². The fraction of sp³-hybridized carbons (Fsp3) is 0.966. The SMILES string of the molecule is CCCCCCCCCCCCCCCCCCCCCCCC(=O)OCC[N+](C)(C)C. The summed E-state index contributed by atoms with van der Waals surface area (Å²) in [4.78, 5) is 11.7. The second-order valence-corrected chi connectivity index (χ2v) is 11.1. The summed E-state index contributed by atoms with van der Waals surface area (Å²) >= 11 is 0. The molecule has 0 spiro atoms. The Bertz CT molecular complexity index is 389. The first kappa shape index (κ1) is 31.4. The molecule has 0 aromatic rings. The molecule has 0 unspecified atom stereocenters. The molecule has 0 aliphatic carbocycles. The molecule has 0 heterocycles. The summed E-state index contributed by atoms with van der Waals surface area (Å²) < 4.78 is 6.15. The third-order valence-electron chi connectivity index (χ3n) is 6.51. The van der Waals surface area contributed by atoms with Crippen LogP contribution in [0.3, 0.4) is 0 Å². The number of carbonyl (C=O) groups is 1. The number of unbranched alkanes of at least 4 members (excludes halogenated alkanes) is 20. The van der Waals surface area contributed by atoms with Gasteiger partial charge in [0.05, 0.1) is 21.1 Å². The lowest BCUT2D eigenvalue weighted by atomic mass is 10.0. The molecule has 0 rings (SSSR count). The van der Waals surface area contributed by atoms with E-state index in [1.807, 2.05) is 0 Å². The highest BCUT2D eigenvalue weighted by molar-refractivity contribution is 5.69. The zero-order valence-corrected chi connectivity index (χ0v) is 22.7. The van der Waals surface area contributed by atoms with Gasteiger partial charge in [-0.1, -0.05) is 135 Å². The first-order chi connectivity index (χ1) is 15.5. The van der Waals surface area contributed by atoms with Gasteiger partial charge in [0.2, 0.25) is 0 Å². The number of quaternary nitrogens is 1. The van der Waals surface area contributed by atoms with Crippen molar-refractivity contribution in [2.45, 2.75) is 148 Å². The van der Waals surface area contributed by atoms with Crippen molar-refractivity contribution in [3.05, 3.63) is 0 Å². The highest BCUT2D eigenvalue weighted by Gasteiger charge is 2.09. The molecule has 0 aromatic heterocycles. The van der Waals surface area contributed by atoms with E-state index >= 15 is 0 Å². The van der Waals surface area contributed by atoms with Crippen LogP contribution in [0.2, 0.25) is 0 Å². The highest BCUT2D eigenvalue weighted by Crippen LogP contribution is 2.15. The lowest BCUT2D eigenvalue weighted by Gasteiger charge is -2.23. The molecular weight excluding hydrogens is 394 g/mol. The number of rotatable bonds is 25. The zero-order chi connectivity index (χ0) is 23.8. The van der Waals surface area contributed by atoms with Crippen LogP contribution in [0.1, 0.15) is 148 Å². The van der Waals surface area contributed by atoms with Crippen LogP contribution in [-0.4, -0.2) is 44.7 Å². The maximum absolute atomic E-state index is 11.7. The Kier molecular flexibility index (Phi) is 23.2. The topological polar surface area (TPSA) is 26.3 Å². The number of esters is 1. The van der Waals surface area contributed by atoms with Crippen molar-refractivity contribution in [3.8, 4) is 0 Å². The molecule has 0 amide bonds. The number of ether oxygens (including phenoxy) is 1. The minimum atomic E-state index is -0.0174. The Hall–Kier alpha value is -0.570. The van der Waals surface area contributed by atoms with Crippen molar-refractivity contribution in [1.29, 1.82) is 0 Å². The molecular formula is C29H60NO2+. The Morgan fingerprint density at radius 2 is 0.844 bits per heavy atom. The van der Waals surface area contributed by atoms with Crippen LogP contribution in [0.15, 0.2) is 0 Å². The molecule has 3 nitrogen and oxygen atoms in total. The fourth-order valence-electron chi connectivity index (χ4n) is 4.21. The van der Waals surface area contributed by atoms with Gasteiger partial charge in [0, 0.05) is 6.42 Å². The molecule has 32 heavy (non-hydrogen) atoms. The van der Waals surface area contributed by atoms with Gasteiger partial charge in [-0.15, -0.1) is 0 Å². The van der Waals surface area contributed by atoms with Crippen LogP contribution in [0.4, 0.5) is 0 Å². The quantitative estimate of drug-likeness (QED) is 0.0782. The highest BCUT2D eigenvalue weighted by atomic mass is 16.5. The number of likely N-dealkylation sites (N-methyl/N-ethyl adjacent to an activating group) is 1. The number of nitrogens with zero attached hydrogens (tertiary/aromatic N) is 1. The molecule has 0 radical (unpaired) electrons. The largest absolute Gasteiger partial charge is 0.460 e. The third kappa shape index (κ3) is 27.5. The lowest BCUT2D eigenvalue weighted by molar-refractivity contribution is -0.870. The molecule has 0 aromatic carbocycles. The number of hydrogen-bond acceptors (Lipinski definition) is 2. The monoisotopic (exact) mass is 454 g/mol. The molecule has 0 N–H and O–H groups in total. The van der Waals surface area contributed by atoms with Gasteiger partial charge in [-0.3, -0.25) is 4.79 Å². The molecule has 0 saturated carbocycles. The third-order valence-corrected chi connectivity index (χ3v) is 6.51.